The number of nitrogens with one attached hydrogen (secondary N) is 1. The van der Waals surface area contributed by atoms with Crippen LogP contribution in [0.4, 0.5) is 5.82 Å². The normalized spacial score (nSPS) is 18.6. The summed E-state index contributed by atoms with van der Waals surface area (Å²) < 4.78 is 0. The summed E-state index contributed by atoms with van der Waals surface area (Å²) in [6.45, 7) is 3.38. The van der Waals surface area contributed by atoms with E-state index in [2.05, 4.69) is 45.2 Å². The highest BCUT2D eigenvalue weighted by atomic mass is 16.3. The quantitative estimate of drug-likeness (QED) is 0.759. The van der Waals surface area contributed by atoms with Crippen molar-refractivity contribution >= 4 is 16.7 Å². The molecule has 1 aliphatic heterocycles. The molecule has 0 amide bonds. The summed E-state index contributed by atoms with van der Waals surface area (Å²) in [6.07, 6.45) is 3.16. The first-order chi connectivity index (χ1) is 12.7. The zero-order chi connectivity index (χ0) is 17.9. The van der Waals surface area contributed by atoms with Gasteiger partial charge in [0.1, 0.15) is 11.9 Å². The van der Waals surface area contributed by atoms with E-state index in [1.165, 1.54) is 10.9 Å². The molecule has 3 aromatic rings. The molecule has 26 heavy (non-hydrogen) atoms. The highest BCUT2D eigenvalue weighted by molar-refractivity contribution is 5.82. The Morgan fingerprint density at radius 2 is 2.12 bits per heavy atom. The van der Waals surface area contributed by atoms with Gasteiger partial charge >= 0.3 is 0 Å². The van der Waals surface area contributed by atoms with Crippen LogP contribution in [0.2, 0.25) is 0 Å². The molecule has 6 heteroatoms. The minimum atomic E-state index is -0.492. The number of rotatable bonds is 3. The van der Waals surface area contributed by atoms with E-state index in [0.29, 0.717) is 24.5 Å². The maximum absolute atomic E-state index is 10.5. The lowest BCUT2D eigenvalue weighted by Gasteiger charge is -2.23. The second kappa shape index (κ2) is 7.16. The number of β-amino-alcohol motifs (C(OH)–C–C–N with tert-alkyl or cyclic N) is 1. The molecule has 1 fully saturated rings. The molecule has 2 N–H and O–H groups in total. The van der Waals surface area contributed by atoms with Crippen LogP contribution in [0.5, 0.6) is 0 Å². The summed E-state index contributed by atoms with van der Waals surface area (Å²) in [5, 5.41) is 21.0. The van der Waals surface area contributed by atoms with Crippen molar-refractivity contribution in [2.45, 2.75) is 12.6 Å². The molecular formula is C20H21N5O. The molecule has 132 valence electrons. The third-order valence-electron chi connectivity index (χ3n) is 4.86. The standard InChI is InChI=1S/C20H21N5O/c21-11-16-5-2-7-23-20(16)25-10-9-24(13-18(26)14-25)12-17-4-1-3-15-6-8-22-19(15)17/h1-8,18,22,26H,9-10,12-14H2/t18-/m1/s1. The Balaban J connectivity index is 1.53. The van der Waals surface area contributed by atoms with Crippen molar-refractivity contribution in [1.29, 1.82) is 5.26 Å². The molecule has 0 spiro atoms. The van der Waals surface area contributed by atoms with E-state index in [4.69, 9.17) is 0 Å². The van der Waals surface area contributed by atoms with Gasteiger partial charge in [0.05, 0.1) is 11.7 Å². The zero-order valence-electron chi connectivity index (χ0n) is 14.5. The van der Waals surface area contributed by atoms with Crippen LogP contribution in [0, 0.1) is 11.3 Å². The SMILES string of the molecule is N#Cc1cccnc1N1CCN(Cc2cccc3cc[nH]c23)C[C@@H](O)C1. The first-order valence-electron chi connectivity index (χ1n) is 8.80. The van der Waals surface area contributed by atoms with Gasteiger partial charge in [-0.25, -0.2) is 4.98 Å². The van der Waals surface area contributed by atoms with Gasteiger partial charge in [-0.05, 0) is 29.1 Å². The van der Waals surface area contributed by atoms with Crippen LogP contribution in [-0.2, 0) is 6.54 Å². The number of nitrogens with zero attached hydrogens (tertiary/aromatic N) is 4. The van der Waals surface area contributed by atoms with Crippen molar-refractivity contribution in [3.63, 3.8) is 0 Å². The third-order valence-corrected chi connectivity index (χ3v) is 4.86. The molecule has 0 bridgehead atoms. The molecule has 3 heterocycles. The van der Waals surface area contributed by atoms with E-state index in [-0.39, 0.29) is 0 Å². The Labute approximate surface area is 152 Å². The van der Waals surface area contributed by atoms with Crippen LogP contribution in [0.25, 0.3) is 10.9 Å². The number of hydrogen-bond acceptors (Lipinski definition) is 5. The van der Waals surface area contributed by atoms with Gasteiger partial charge in [-0.15, -0.1) is 0 Å². The maximum Gasteiger partial charge on any atom is 0.146 e. The number of nitriles is 1. The Morgan fingerprint density at radius 3 is 3.00 bits per heavy atom. The van der Waals surface area contributed by atoms with Crippen molar-refractivity contribution in [3.8, 4) is 6.07 Å². The third kappa shape index (κ3) is 3.27. The molecule has 0 radical (unpaired) electrons. The highest BCUT2D eigenvalue weighted by Gasteiger charge is 2.24. The van der Waals surface area contributed by atoms with E-state index in [1.54, 1.807) is 18.3 Å². The Hall–Kier alpha value is -2.88. The molecular weight excluding hydrogens is 326 g/mol. The first-order valence-corrected chi connectivity index (χ1v) is 8.80. The lowest BCUT2D eigenvalue weighted by atomic mass is 10.1. The van der Waals surface area contributed by atoms with Gasteiger partial charge in [0.2, 0.25) is 0 Å². The molecule has 1 aromatic carbocycles. The van der Waals surface area contributed by atoms with Gasteiger partial charge in [-0.3, -0.25) is 4.90 Å². The molecule has 0 unspecified atom stereocenters. The van der Waals surface area contributed by atoms with E-state index in [9.17, 15) is 10.4 Å². The van der Waals surface area contributed by atoms with E-state index < -0.39 is 6.10 Å². The fourth-order valence-corrected chi connectivity index (χ4v) is 3.65. The molecule has 4 rings (SSSR count). The predicted octanol–water partition coefficient (Wildman–Crippen LogP) is 2.12. The monoisotopic (exact) mass is 347 g/mol. The fourth-order valence-electron chi connectivity index (χ4n) is 3.65. The zero-order valence-corrected chi connectivity index (χ0v) is 14.5. The molecule has 2 aromatic heterocycles. The van der Waals surface area contributed by atoms with Crippen LogP contribution in [0.15, 0.2) is 48.8 Å². The first kappa shape index (κ1) is 16.6. The number of aromatic amines is 1. The van der Waals surface area contributed by atoms with Crippen molar-refractivity contribution in [1.82, 2.24) is 14.9 Å². The van der Waals surface area contributed by atoms with Crippen LogP contribution < -0.4 is 4.90 Å². The topological polar surface area (TPSA) is 79.2 Å². The van der Waals surface area contributed by atoms with Crippen molar-refractivity contribution in [2.75, 3.05) is 31.1 Å². The number of hydrogen-bond donors (Lipinski definition) is 2. The largest absolute Gasteiger partial charge is 0.390 e. The summed E-state index contributed by atoms with van der Waals surface area (Å²) in [5.74, 6) is 0.655. The smallest absolute Gasteiger partial charge is 0.146 e. The number of aliphatic hydroxyl groups is 1. The number of aromatic nitrogens is 2. The van der Waals surface area contributed by atoms with E-state index in [1.807, 2.05) is 11.1 Å². The van der Waals surface area contributed by atoms with Gasteiger partial charge in [0, 0.05) is 50.6 Å². The van der Waals surface area contributed by atoms with Gasteiger partial charge in [-0.2, -0.15) is 5.26 Å². The number of para-hydroxylation sites is 1. The van der Waals surface area contributed by atoms with E-state index in [0.717, 1.165) is 25.2 Å². The van der Waals surface area contributed by atoms with Gasteiger partial charge < -0.3 is 15.0 Å². The molecule has 0 aliphatic carbocycles. The Morgan fingerprint density at radius 1 is 1.19 bits per heavy atom. The summed E-state index contributed by atoms with van der Waals surface area (Å²) >= 11 is 0. The summed E-state index contributed by atoms with van der Waals surface area (Å²) in [6, 6.07) is 14.1. The minimum Gasteiger partial charge on any atom is -0.390 e. The van der Waals surface area contributed by atoms with Crippen molar-refractivity contribution in [2.24, 2.45) is 0 Å². The number of aliphatic hydroxyl groups excluding tert-OH is 1. The summed E-state index contributed by atoms with van der Waals surface area (Å²) in [5.41, 5.74) is 2.92. The van der Waals surface area contributed by atoms with Crippen LogP contribution >= 0.6 is 0 Å². The predicted molar refractivity (Wildman–Crippen MR) is 101 cm³/mol. The summed E-state index contributed by atoms with van der Waals surface area (Å²) in [7, 11) is 0. The van der Waals surface area contributed by atoms with Crippen LogP contribution in [0.3, 0.4) is 0 Å². The lowest BCUT2D eigenvalue weighted by molar-refractivity contribution is 0.129. The number of anilines is 1. The molecule has 1 aliphatic rings. The number of benzene rings is 1. The second-order valence-corrected chi connectivity index (χ2v) is 6.68. The van der Waals surface area contributed by atoms with Crippen LogP contribution in [0.1, 0.15) is 11.1 Å². The summed E-state index contributed by atoms with van der Waals surface area (Å²) in [4.78, 5) is 11.9. The number of pyridine rings is 1. The van der Waals surface area contributed by atoms with Gasteiger partial charge in [0.25, 0.3) is 0 Å². The molecule has 0 saturated carbocycles. The van der Waals surface area contributed by atoms with Gasteiger partial charge in [0.15, 0.2) is 0 Å². The number of fused-ring (bicyclic) bond motifs is 1. The maximum atomic E-state index is 10.5. The Kier molecular flexibility index (Phi) is 4.57. The lowest BCUT2D eigenvalue weighted by Crippen LogP contribution is -2.34. The van der Waals surface area contributed by atoms with Gasteiger partial charge in [-0.1, -0.05) is 18.2 Å². The van der Waals surface area contributed by atoms with Crippen molar-refractivity contribution in [3.05, 3.63) is 59.9 Å². The minimum absolute atomic E-state index is 0.481. The average molecular weight is 347 g/mol. The molecule has 1 saturated heterocycles. The number of H-pyrrole nitrogens is 1. The second-order valence-electron chi connectivity index (χ2n) is 6.68. The highest BCUT2D eigenvalue weighted by Crippen LogP contribution is 2.21. The fraction of sp³-hybridized carbons (Fsp3) is 0.300. The van der Waals surface area contributed by atoms with E-state index >= 15 is 0 Å². The Bertz CT molecular complexity index is 945. The van der Waals surface area contributed by atoms with Crippen molar-refractivity contribution < 1.29 is 5.11 Å². The molecule has 6 nitrogen and oxygen atoms in total. The average Bonchev–Trinajstić information content (AvgIpc) is 3.07. The van der Waals surface area contributed by atoms with Crippen LogP contribution in [-0.4, -0.2) is 52.3 Å². The molecule has 1 atom stereocenters.